The first-order valence-corrected chi connectivity index (χ1v) is 9.70. The highest BCUT2D eigenvalue weighted by Gasteiger charge is 2.22. The molecule has 4 heteroatoms. The Bertz CT molecular complexity index is 1090. The number of amidine groups is 1. The van der Waals surface area contributed by atoms with Crippen molar-refractivity contribution in [1.29, 1.82) is 0 Å². The molecular formula is C23H17N3S. The Morgan fingerprint density at radius 3 is 2.26 bits per heavy atom. The van der Waals surface area contributed by atoms with E-state index in [0.717, 1.165) is 28.5 Å². The molecule has 0 amide bonds. The summed E-state index contributed by atoms with van der Waals surface area (Å²) in [4.78, 5) is 6.13. The van der Waals surface area contributed by atoms with E-state index in [-0.39, 0.29) is 0 Å². The van der Waals surface area contributed by atoms with Crippen LogP contribution < -0.4 is 10.4 Å². The Kier molecular flexibility index (Phi) is 3.96. The first-order valence-electron chi connectivity index (χ1n) is 8.82. The van der Waals surface area contributed by atoms with E-state index >= 15 is 0 Å². The number of hydrazine groups is 1. The monoisotopic (exact) mass is 367 g/mol. The minimum Gasteiger partial charge on any atom is -0.276 e. The van der Waals surface area contributed by atoms with Gasteiger partial charge in [-0.05, 0) is 41.3 Å². The molecule has 0 saturated heterocycles. The van der Waals surface area contributed by atoms with E-state index in [0.29, 0.717) is 0 Å². The lowest BCUT2D eigenvalue weighted by Gasteiger charge is -2.32. The van der Waals surface area contributed by atoms with E-state index in [1.54, 1.807) is 11.3 Å². The van der Waals surface area contributed by atoms with Crippen molar-refractivity contribution in [3.05, 3.63) is 102 Å². The molecule has 0 radical (unpaired) electrons. The number of rotatable bonds is 3. The van der Waals surface area contributed by atoms with Gasteiger partial charge in [-0.25, -0.2) is 4.99 Å². The van der Waals surface area contributed by atoms with Crippen molar-refractivity contribution in [1.82, 2.24) is 5.43 Å². The van der Waals surface area contributed by atoms with Crippen LogP contribution in [0.3, 0.4) is 0 Å². The van der Waals surface area contributed by atoms with Gasteiger partial charge in [-0.1, -0.05) is 60.7 Å². The molecule has 3 aromatic carbocycles. The number of thiophene rings is 1. The molecular weight excluding hydrogens is 350 g/mol. The molecule has 0 saturated carbocycles. The maximum absolute atomic E-state index is 4.88. The van der Waals surface area contributed by atoms with Crippen LogP contribution in [0.1, 0.15) is 5.56 Å². The SMILES string of the molecule is c1ccc(C2=Nc3ccc(-c4cccs4)cc3N(c3ccccc3)N2)cc1. The first-order chi connectivity index (χ1) is 13.4. The van der Waals surface area contributed by atoms with Crippen molar-refractivity contribution >= 4 is 34.2 Å². The largest absolute Gasteiger partial charge is 0.276 e. The van der Waals surface area contributed by atoms with Crippen LogP contribution >= 0.6 is 11.3 Å². The van der Waals surface area contributed by atoms with Gasteiger partial charge in [0.05, 0.1) is 17.1 Å². The van der Waals surface area contributed by atoms with E-state index in [1.165, 1.54) is 10.4 Å². The van der Waals surface area contributed by atoms with Crippen LogP contribution in [0.4, 0.5) is 17.1 Å². The smallest absolute Gasteiger partial charge is 0.152 e. The van der Waals surface area contributed by atoms with Gasteiger partial charge in [0.1, 0.15) is 0 Å². The number of para-hydroxylation sites is 1. The highest BCUT2D eigenvalue weighted by molar-refractivity contribution is 7.13. The summed E-state index contributed by atoms with van der Waals surface area (Å²) in [5, 5.41) is 4.22. The fourth-order valence-corrected chi connectivity index (χ4v) is 3.93. The number of nitrogens with one attached hydrogen (secondary N) is 1. The van der Waals surface area contributed by atoms with Gasteiger partial charge in [0.25, 0.3) is 0 Å². The minimum atomic E-state index is 0.843. The summed E-state index contributed by atoms with van der Waals surface area (Å²) in [7, 11) is 0. The van der Waals surface area contributed by atoms with Crippen molar-refractivity contribution < 1.29 is 0 Å². The second-order valence-corrected chi connectivity index (χ2v) is 7.24. The van der Waals surface area contributed by atoms with Crippen molar-refractivity contribution in [2.45, 2.75) is 0 Å². The predicted molar refractivity (Wildman–Crippen MR) is 114 cm³/mol. The summed E-state index contributed by atoms with van der Waals surface area (Å²) in [6.07, 6.45) is 0. The zero-order valence-corrected chi connectivity index (χ0v) is 15.4. The van der Waals surface area contributed by atoms with Gasteiger partial charge < -0.3 is 0 Å². The molecule has 0 atom stereocenters. The van der Waals surface area contributed by atoms with E-state index in [4.69, 9.17) is 4.99 Å². The molecule has 0 unspecified atom stereocenters. The Labute approximate surface area is 162 Å². The summed E-state index contributed by atoms with van der Waals surface area (Å²) < 4.78 is 0. The quantitative estimate of drug-likeness (QED) is 0.470. The maximum atomic E-state index is 4.88. The van der Waals surface area contributed by atoms with Crippen LogP contribution in [0.2, 0.25) is 0 Å². The fraction of sp³-hybridized carbons (Fsp3) is 0. The Morgan fingerprint density at radius 2 is 1.52 bits per heavy atom. The standard InChI is InChI=1S/C23H17N3S/c1-3-8-17(9-4-1)23-24-20-14-13-18(22-12-7-15-27-22)16-21(20)26(25-23)19-10-5-2-6-11-19/h1-16H,(H,24,25). The molecule has 1 aromatic heterocycles. The van der Waals surface area contributed by atoms with Crippen molar-refractivity contribution in [2.24, 2.45) is 4.99 Å². The van der Waals surface area contributed by atoms with Crippen LogP contribution in [-0.2, 0) is 0 Å². The third-order valence-electron chi connectivity index (χ3n) is 4.53. The lowest BCUT2D eigenvalue weighted by Crippen LogP contribution is -2.41. The number of aliphatic imine (C=N–C) groups is 1. The number of anilines is 2. The number of benzene rings is 3. The predicted octanol–water partition coefficient (Wildman–Crippen LogP) is 6.15. The van der Waals surface area contributed by atoms with Crippen LogP contribution in [-0.4, -0.2) is 5.84 Å². The molecule has 0 fully saturated rings. The highest BCUT2D eigenvalue weighted by Crippen LogP contribution is 2.39. The van der Waals surface area contributed by atoms with Crippen LogP contribution in [0, 0.1) is 0 Å². The van der Waals surface area contributed by atoms with Gasteiger partial charge in [0.2, 0.25) is 0 Å². The molecule has 2 heterocycles. The molecule has 0 spiro atoms. The summed E-state index contributed by atoms with van der Waals surface area (Å²) in [5.74, 6) is 0.843. The first kappa shape index (κ1) is 15.9. The number of nitrogens with zero attached hydrogens (tertiary/aromatic N) is 2. The van der Waals surface area contributed by atoms with Gasteiger partial charge in [-0.3, -0.25) is 10.4 Å². The van der Waals surface area contributed by atoms with Gasteiger partial charge in [0.15, 0.2) is 5.84 Å². The van der Waals surface area contributed by atoms with E-state index in [9.17, 15) is 0 Å². The summed E-state index contributed by atoms with van der Waals surface area (Å²) in [6.45, 7) is 0. The third-order valence-corrected chi connectivity index (χ3v) is 5.45. The van der Waals surface area contributed by atoms with Crippen LogP contribution in [0.5, 0.6) is 0 Å². The maximum Gasteiger partial charge on any atom is 0.152 e. The second-order valence-electron chi connectivity index (χ2n) is 6.29. The third kappa shape index (κ3) is 3.00. The van der Waals surface area contributed by atoms with Gasteiger partial charge in [0, 0.05) is 10.4 Å². The molecule has 0 bridgehead atoms. The highest BCUT2D eigenvalue weighted by atomic mass is 32.1. The zero-order valence-electron chi connectivity index (χ0n) is 14.5. The molecule has 3 nitrogen and oxygen atoms in total. The molecule has 1 aliphatic heterocycles. The molecule has 1 N–H and O–H groups in total. The van der Waals surface area contributed by atoms with Crippen LogP contribution in [0.15, 0.2) is 101 Å². The molecule has 1 aliphatic rings. The van der Waals surface area contributed by atoms with Gasteiger partial charge >= 0.3 is 0 Å². The molecule has 4 aromatic rings. The Balaban J connectivity index is 1.66. The lowest BCUT2D eigenvalue weighted by molar-refractivity contribution is 0.914. The fourth-order valence-electron chi connectivity index (χ4n) is 3.21. The second kappa shape index (κ2) is 6.74. The lowest BCUT2D eigenvalue weighted by atomic mass is 10.1. The molecule has 130 valence electrons. The average molecular weight is 367 g/mol. The van der Waals surface area contributed by atoms with E-state index < -0.39 is 0 Å². The average Bonchev–Trinajstić information content (AvgIpc) is 3.29. The molecule has 0 aliphatic carbocycles. The van der Waals surface area contributed by atoms with Crippen molar-refractivity contribution in [3.63, 3.8) is 0 Å². The molecule has 27 heavy (non-hydrogen) atoms. The summed E-state index contributed by atoms with van der Waals surface area (Å²) in [5.41, 5.74) is 8.84. The number of fused-ring (bicyclic) bond motifs is 1. The number of hydrogen-bond donors (Lipinski definition) is 1. The van der Waals surface area contributed by atoms with E-state index in [1.807, 2.05) is 36.4 Å². The summed E-state index contributed by atoms with van der Waals surface area (Å²) in [6, 6.07) is 31.2. The zero-order chi connectivity index (χ0) is 18.1. The molecule has 5 rings (SSSR count). The van der Waals surface area contributed by atoms with Gasteiger partial charge in [-0.2, -0.15) is 0 Å². The van der Waals surface area contributed by atoms with Crippen LogP contribution in [0.25, 0.3) is 10.4 Å². The number of hydrogen-bond acceptors (Lipinski definition) is 4. The summed E-state index contributed by atoms with van der Waals surface area (Å²) >= 11 is 1.75. The van der Waals surface area contributed by atoms with Crippen molar-refractivity contribution in [3.8, 4) is 10.4 Å². The Hall–Kier alpha value is -3.37. The van der Waals surface area contributed by atoms with Gasteiger partial charge in [-0.15, -0.1) is 11.3 Å². The van der Waals surface area contributed by atoms with E-state index in [2.05, 4.69) is 70.4 Å². The normalized spacial score (nSPS) is 12.9. The van der Waals surface area contributed by atoms with Crippen molar-refractivity contribution in [2.75, 3.05) is 5.01 Å². The Morgan fingerprint density at radius 1 is 0.741 bits per heavy atom. The topological polar surface area (TPSA) is 27.6 Å². The minimum absolute atomic E-state index is 0.843.